The van der Waals surface area contributed by atoms with E-state index >= 15 is 0 Å². The van der Waals surface area contributed by atoms with E-state index in [2.05, 4.69) is 4.90 Å². The fraction of sp³-hybridized carbons (Fsp3) is 0.909. The van der Waals surface area contributed by atoms with E-state index in [1.165, 1.54) is 19.3 Å². The Kier molecular flexibility index (Phi) is 3.06. The SMILES string of the molecule is O=C(O)C1CCCN(CCC2CC2)C1. The Balaban J connectivity index is 1.72. The molecule has 1 saturated heterocycles. The van der Waals surface area contributed by atoms with Gasteiger partial charge in [0.1, 0.15) is 0 Å². The van der Waals surface area contributed by atoms with Gasteiger partial charge in [-0.3, -0.25) is 4.79 Å². The number of carboxylic acid groups (broad SMARTS) is 1. The Morgan fingerprint density at radius 1 is 1.36 bits per heavy atom. The summed E-state index contributed by atoms with van der Waals surface area (Å²) in [6.07, 6.45) is 6.01. The van der Waals surface area contributed by atoms with Gasteiger partial charge in [-0.1, -0.05) is 12.8 Å². The van der Waals surface area contributed by atoms with E-state index in [0.717, 1.165) is 38.4 Å². The van der Waals surface area contributed by atoms with Crippen molar-refractivity contribution in [2.45, 2.75) is 32.1 Å². The number of carboxylic acids is 1. The van der Waals surface area contributed by atoms with E-state index in [4.69, 9.17) is 5.11 Å². The number of hydrogen-bond donors (Lipinski definition) is 1. The number of carbonyl (C=O) groups is 1. The number of nitrogens with zero attached hydrogens (tertiary/aromatic N) is 1. The van der Waals surface area contributed by atoms with Crippen LogP contribution in [0.2, 0.25) is 0 Å². The Bertz CT molecular complexity index is 213. The second-order valence-corrected chi connectivity index (χ2v) is 4.71. The molecule has 2 rings (SSSR count). The molecular weight excluding hydrogens is 178 g/mol. The Labute approximate surface area is 85.1 Å². The summed E-state index contributed by atoms with van der Waals surface area (Å²) in [5.74, 6) is 0.240. The van der Waals surface area contributed by atoms with Gasteiger partial charge in [-0.15, -0.1) is 0 Å². The molecule has 1 aliphatic carbocycles. The molecule has 3 heteroatoms. The number of hydrogen-bond acceptors (Lipinski definition) is 2. The highest BCUT2D eigenvalue weighted by molar-refractivity contribution is 5.70. The van der Waals surface area contributed by atoms with Gasteiger partial charge in [-0.05, 0) is 38.3 Å². The van der Waals surface area contributed by atoms with Crippen molar-refractivity contribution in [3.8, 4) is 0 Å². The maximum Gasteiger partial charge on any atom is 0.307 e. The van der Waals surface area contributed by atoms with Crippen molar-refractivity contribution in [3.63, 3.8) is 0 Å². The summed E-state index contributed by atoms with van der Waals surface area (Å²) in [5, 5.41) is 8.92. The molecule has 2 fully saturated rings. The van der Waals surface area contributed by atoms with Crippen molar-refractivity contribution in [2.75, 3.05) is 19.6 Å². The van der Waals surface area contributed by atoms with Crippen LogP contribution in [0.25, 0.3) is 0 Å². The highest BCUT2D eigenvalue weighted by Gasteiger charge is 2.27. The summed E-state index contributed by atoms with van der Waals surface area (Å²) in [4.78, 5) is 13.2. The molecule has 0 amide bonds. The predicted molar refractivity (Wildman–Crippen MR) is 54.1 cm³/mol. The van der Waals surface area contributed by atoms with Crippen molar-refractivity contribution in [3.05, 3.63) is 0 Å². The fourth-order valence-corrected chi connectivity index (χ4v) is 2.23. The van der Waals surface area contributed by atoms with Gasteiger partial charge in [-0.2, -0.15) is 0 Å². The average molecular weight is 197 g/mol. The van der Waals surface area contributed by atoms with Gasteiger partial charge < -0.3 is 10.0 Å². The third-order valence-corrected chi connectivity index (χ3v) is 3.41. The first-order valence-corrected chi connectivity index (χ1v) is 5.71. The van der Waals surface area contributed by atoms with Gasteiger partial charge in [-0.25, -0.2) is 0 Å². The van der Waals surface area contributed by atoms with Crippen LogP contribution in [-0.4, -0.2) is 35.6 Å². The predicted octanol–water partition coefficient (Wildman–Crippen LogP) is 1.58. The van der Waals surface area contributed by atoms with Gasteiger partial charge in [0.25, 0.3) is 0 Å². The largest absolute Gasteiger partial charge is 0.481 e. The molecule has 1 heterocycles. The summed E-state index contributed by atoms with van der Waals surface area (Å²) in [6.45, 7) is 3.01. The van der Waals surface area contributed by atoms with Crippen molar-refractivity contribution < 1.29 is 9.90 Å². The van der Waals surface area contributed by atoms with E-state index in [1.807, 2.05) is 0 Å². The fourth-order valence-electron chi connectivity index (χ4n) is 2.23. The first-order chi connectivity index (χ1) is 6.75. The average Bonchev–Trinajstić information content (AvgIpc) is 2.99. The maximum atomic E-state index is 10.8. The lowest BCUT2D eigenvalue weighted by Crippen LogP contribution is -2.39. The first kappa shape index (κ1) is 9.97. The van der Waals surface area contributed by atoms with Gasteiger partial charge in [0, 0.05) is 6.54 Å². The molecule has 1 aliphatic heterocycles. The summed E-state index contributed by atoms with van der Waals surface area (Å²) in [5.41, 5.74) is 0. The molecule has 80 valence electrons. The Hall–Kier alpha value is -0.570. The van der Waals surface area contributed by atoms with E-state index in [0.29, 0.717) is 0 Å². The van der Waals surface area contributed by atoms with Crippen LogP contribution in [0.3, 0.4) is 0 Å². The summed E-state index contributed by atoms with van der Waals surface area (Å²) < 4.78 is 0. The molecule has 0 aromatic carbocycles. The van der Waals surface area contributed by atoms with Crippen LogP contribution in [0, 0.1) is 11.8 Å². The topological polar surface area (TPSA) is 40.5 Å². The number of likely N-dealkylation sites (tertiary alicyclic amines) is 1. The number of aliphatic carboxylic acids is 1. The molecule has 2 aliphatic rings. The minimum absolute atomic E-state index is 0.108. The highest BCUT2D eigenvalue weighted by atomic mass is 16.4. The van der Waals surface area contributed by atoms with Gasteiger partial charge in [0.05, 0.1) is 5.92 Å². The van der Waals surface area contributed by atoms with Gasteiger partial charge in [0.2, 0.25) is 0 Å². The highest BCUT2D eigenvalue weighted by Crippen LogP contribution is 2.32. The second kappa shape index (κ2) is 4.30. The zero-order chi connectivity index (χ0) is 9.97. The minimum Gasteiger partial charge on any atom is -0.481 e. The smallest absolute Gasteiger partial charge is 0.307 e. The number of piperidine rings is 1. The maximum absolute atomic E-state index is 10.8. The molecule has 0 bridgehead atoms. The van der Waals surface area contributed by atoms with Crippen LogP contribution in [0.5, 0.6) is 0 Å². The minimum atomic E-state index is -0.610. The normalized spacial score (nSPS) is 29.0. The number of rotatable bonds is 4. The lowest BCUT2D eigenvalue weighted by molar-refractivity contribution is -0.143. The summed E-state index contributed by atoms with van der Waals surface area (Å²) in [6, 6.07) is 0. The second-order valence-electron chi connectivity index (χ2n) is 4.71. The molecule has 1 saturated carbocycles. The molecule has 3 nitrogen and oxygen atoms in total. The molecule has 1 atom stereocenters. The van der Waals surface area contributed by atoms with Crippen LogP contribution in [-0.2, 0) is 4.79 Å². The van der Waals surface area contributed by atoms with E-state index in [9.17, 15) is 4.79 Å². The summed E-state index contributed by atoms with van der Waals surface area (Å²) in [7, 11) is 0. The molecule has 0 spiro atoms. The molecule has 14 heavy (non-hydrogen) atoms. The van der Waals surface area contributed by atoms with Crippen molar-refractivity contribution in [1.82, 2.24) is 4.90 Å². The van der Waals surface area contributed by atoms with Gasteiger partial charge in [0.15, 0.2) is 0 Å². The lowest BCUT2D eigenvalue weighted by Gasteiger charge is -2.30. The van der Waals surface area contributed by atoms with Crippen LogP contribution >= 0.6 is 0 Å². The van der Waals surface area contributed by atoms with Crippen molar-refractivity contribution in [1.29, 1.82) is 0 Å². The first-order valence-electron chi connectivity index (χ1n) is 5.71. The molecular formula is C11H19NO2. The Morgan fingerprint density at radius 2 is 2.14 bits per heavy atom. The van der Waals surface area contributed by atoms with E-state index < -0.39 is 5.97 Å². The van der Waals surface area contributed by atoms with Gasteiger partial charge >= 0.3 is 5.97 Å². The molecule has 0 radical (unpaired) electrons. The third kappa shape index (κ3) is 2.71. The Morgan fingerprint density at radius 3 is 2.79 bits per heavy atom. The molecule has 1 unspecified atom stereocenters. The van der Waals surface area contributed by atoms with Crippen LogP contribution in [0.15, 0.2) is 0 Å². The van der Waals surface area contributed by atoms with E-state index in [1.54, 1.807) is 0 Å². The van der Waals surface area contributed by atoms with Crippen molar-refractivity contribution in [2.24, 2.45) is 11.8 Å². The molecule has 0 aromatic rings. The standard InChI is InChI=1S/C11H19NO2/c13-11(14)10-2-1-6-12(8-10)7-5-9-3-4-9/h9-10H,1-8H2,(H,13,14). The lowest BCUT2D eigenvalue weighted by atomic mass is 9.98. The quantitative estimate of drug-likeness (QED) is 0.744. The molecule has 0 aromatic heterocycles. The molecule has 1 N–H and O–H groups in total. The third-order valence-electron chi connectivity index (χ3n) is 3.41. The van der Waals surface area contributed by atoms with Crippen LogP contribution in [0.4, 0.5) is 0 Å². The van der Waals surface area contributed by atoms with Crippen LogP contribution < -0.4 is 0 Å². The zero-order valence-electron chi connectivity index (χ0n) is 8.61. The van der Waals surface area contributed by atoms with Crippen molar-refractivity contribution >= 4 is 5.97 Å². The summed E-state index contributed by atoms with van der Waals surface area (Å²) >= 11 is 0. The van der Waals surface area contributed by atoms with Crippen LogP contribution in [0.1, 0.15) is 32.1 Å². The monoisotopic (exact) mass is 197 g/mol. The zero-order valence-corrected chi connectivity index (χ0v) is 8.61. The van der Waals surface area contributed by atoms with E-state index in [-0.39, 0.29) is 5.92 Å².